The molecule has 0 fully saturated rings. The Morgan fingerprint density at radius 2 is 2.36 bits per heavy atom. The van der Waals surface area contributed by atoms with Gasteiger partial charge in [-0.2, -0.15) is 4.98 Å². The van der Waals surface area contributed by atoms with Crippen LogP contribution in [0.15, 0.2) is 14.6 Å². The maximum absolute atomic E-state index is 4.72. The van der Waals surface area contributed by atoms with Crippen molar-refractivity contribution >= 4 is 12.2 Å². The van der Waals surface area contributed by atoms with Gasteiger partial charge in [-0.15, -0.1) is 10.5 Å². The number of amidine groups is 1. The smallest absolute Gasteiger partial charge is 0.242 e. The lowest BCUT2D eigenvalue weighted by Gasteiger charge is -1.80. The minimum atomic E-state index is 0.375. The molecule has 0 spiro atoms. The fraction of sp³-hybridized carbons (Fsp3) is 0.200. The van der Waals surface area contributed by atoms with Crippen molar-refractivity contribution in [3.8, 4) is 0 Å². The second kappa shape index (κ2) is 2.15. The van der Waals surface area contributed by atoms with Crippen LogP contribution in [0.1, 0.15) is 11.7 Å². The molecule has 6 nitrogen and oxygen atoms in total. The Morgan fingerprint density at radius 3 is 2.91 bits per heavy atom. The van der Waals surface area contributed by atoms with Gasteiger partial charge in [0.1, 0.15) is 6.34 Å². The quantitative estimate of drug-likeness (QED) is 0.550. The first-order valence-corrected chi connectivity index (χ1v) is 2.97. The van der Waals surface area contributed by atoms with E-state index >= 15 is 0 Å². The van der Waals surface area contributed by atoms with Gasteiger partial charge in [0.05, 0.1) is 0 Å². The van der Waals surface area contributed by atoms with Crippen molar-refractivity contribution < 1.29 is 4.52 Å². The number of hydrogen-bond acceptors (Lipinski definition) is 5. The van der Waals surface area contributed by atoms with E-state index < -0.39 is 0 Å². The summed E-state index contributed by atoms with van der Waals surface area (Å²) in [6.45, 7) is 1.70. The van der Waals surface area contributed by atoms with E-state index in [-0.39, 0.29) is 0 Å². The molecule has 1 aromatic heterocycles. The van der Waals surface area contributed by atoms with E-state index in [1.165, 1.54) is 6.34 Å². The average Bonchev–Trinajstić information content (AvgIpc) is 2.55. The summed E-state index contributed by atoms with van der Waals surface area (Å²) in [5, 5.41) is 7.26. The fourth-order valence-electron chi connectivity index (χ4n) is 0.679. The average molecular weight is 150 g/mol. The standard InChI is InChI=1S/C5H4N5O/c1-3-8-5(10-11-3)4-6-2-7-9-4/h2H,1H3. The van der Waals surface area contributed by atoms with E-state index in [0.29, 0.717) is 17.6 Å². The topological polar surface area (TPSA) is 77.7 Å². The van der Waals surface area contributed by atoms with Gasteiger partial charge in [0, 0.05) is 6.92 Å². The molecule has 0 saturated heterocycles. The van der Waals surface area contributed by atoms with Gasteiger partial charge in [-0.25, -0.2) is 4.99 Å². The number of aryl methyl sites for hydroxylation is 1. The summed E-state index contributed by atoms with van der Waals surface area (Å²) in [6.07, 6.45) is 1.33. The number of aliphatic imine (C=N–C) groups is 1. The van der Waals surface area contributed by atoms with Crippen LogP contribution in [0.3, 0.4) is 0 Å². The van der Waals surface area contributed by atoms with E-state index in [1.807, 2.05) is 0 Å². The van der Waals surface area contributed by atoms with Gasteiger partial charge in [0.2, 0.25) is 17.6 Å². The van der Waals surface area contributed by atoms with E-state index in [4.69, 9.17) is 4.52 Å². The summed E-state index contributed by atoms with van der Waals surface area (Å²) < 4.78 is 4.72. The summed E-state index contributed by atoms with van der Waals surface area (Å²) in [4.78, 5) is 7.70. The Morgan fingerprint density at radius 1 is 1.45 bits per heavy atom. The van der Waals surface area contributed by atoms with Crippen molar-refractivity contribution in [1.29, 1.82) is 0 Å². The van der Waals surface area contributed by atoms with E-state index in [0.717, 1.165) is 0 Å². The first-order chi connectivity index (χ1) is 5.36. The molecule has 1 aromatic rings. The van der Waals surface area contributed by atoms with E-state index in [9.17, 15) is 0 Å². The predicted molar refractivity (Wildman–Crippen MR) is 36.2 cm³/mol. The first kappa shape index (κ1) is 6.02. The molecule has 11 heavy (non-hydrogen) atoms. The van der Waals surface area contributed by atoms with Crippen LogP contribution in [0.4, 0.5) is 0 Å². The molecule has 2 rings (SSSR count). The summed E-state index contributed by atoms with van der Waals surface area (Å²) in [6, 6.07) is 0. The highest BCUT2D eigenvalue weighted by atomic mass is 16.5. The number of rotatable bonds is 1. The van der Waals surface area contributed by atoms with E-state index in [1.54, 1.807) is 6.92 Å². The van der Waals surface area contributed by atoms with Crippen LogP contribution in [0, 0.1) is 6.92 Å². The zero-order chi connectivity index (χ0) is 7.68. The first-order valence-electron chi connectivity index (χ1n) is 2.97. The molecule has 1 aliphatic heterocycles. The Hall–Kier alpha value is -1.72. The van der Waals surface area contributed by atoms with Crippen molar-refractivity contribution in [3.63, 3.8) is 0 Å². The molecule has 0 atom stereocenters. The van der Waals surface area contributed by atoms with Gasteiger partial charge < -0.3 is 4.52 Å². The SMILES string of the molecule is Cc1nc(C2=N[N]C=N2)no1. The van der Waals surface area contributed by atoms with Crippen molar-refractivity contribution in [2.45, 2.75) is 6.92 Å². The number of hydrogen-bond donors (Lipinski definition) is 0. The minimum absolute atomic E-state index is 0.375. The molecule has 0 aliphatic carbocycles. The number of aromatic nitrogens is 2. The zero-order valence-electron chi connectivity index (χ0n) is 5.72. The molecule has 2 heterocycles. The highest BCUT2D eigenvalue weighted by Gasteiger charge is 2.12. The molecule has 1 radical (unpaired) electrons. The third-order valence-corrected chi connectivity index (χ3v) is 1.11. The van der Waals surface area contributed by atoms with Crippen LogP contribution in [-0.4, -0.2) is 22.3 Å². The Bertz CT molecular complexity index is 325. The van der Waals surface area contributed by atoms with Gasteiger partial charge in [-0.1, -0.05) is 5.16 Å². The van der Waals surface area contributed by atoms with Gasteiger partial charge in [-0.3, -0.25) is 0 Å². The lowest BCUT2D eigenvalue weighted by molar-refractivity contribution is 0.392. The summed E-state index contributed by atoms with van der Waals surface area (Å²) >= 11 is 0. The van der Waals surface area contributed by atoms with Crippen LogP contribution in [0.2, 0.25) is 0 Å². The van der Waals surface area contributed by atoms with Crippen molar-refractivity contribution in [2.24, 2.45) is 10.1 Å². The highest BCUT2D eigenvalue weighted by molar-refractivity contribution is 6.02. The van der Waals surface area contributed by atoms with E-state index in [2.05, 4.69) is 25.7 Å². The molecule has 0 aromatic carbocycles. The monoisotopic (exact) mass is 150 g/mol. The van der Waals surface area contributed by atoms with Crippen LogP contribution >= 0.6 is 0 Å². The lowest BCUT2D eigenvalue weighted by atomic mass is 10.6. The number of nitrogens with zero attached hydrogens (tertiary/aromatic N) is 5. The Balaban J connectivity index is 2.36. The molecule has 55 valence electrons. The molecular formula is C5H4N5O. The van der Waals surface area contributed by atoms with Gasteiger partial charge in [0.25, 0.3) is 0 Å². The fourth-order valence-corrected chi connectivity index (χ4v) is 0.679. The summed E-state index contributed by atoms with van der Waals surface area (Å²) in [5.41, 5.74) is 3.53. The summed E-state index contributed by atoms with van der Waals surface area (Å²) in [5.74, 6) is 1.26. The molecular weight excluding hydrogens is 146 g/mol. The third-order valence-electron chi connectivity index (χ3n) is 1.11. The predicted octanol–water partition coefficient (Wildman–Crippen LogP) is -0.314. The second-order valence-corrected chi connectivity index (χ2v) is 1.92. The van der Waals surface area contributed by atoms with Crippen LogP contribution in [0.25, 0.3) is 0 Å². The molecule has 6 heteroatoms. The van der Waals surface area contributed by atoms with Crippen LogP contribution in [0.5, 0.6) is 0 Å². The van der Waals surface area contributed by atoms with Crippen molar-refractivity contribution in [2.75, 3.05) is 0 Å². The normalized spacial score (nSPS) is 14.8. The van der Waals surface area contributed by atoms with Crippen molar-refractivity contribution in [3.05, 3.63) is 11.7 Å². The maximum atomic E-state index is 4.72. The van der Waals surface area contributed by atoms with Gasteiger partial charge >= 0.3 is 0 Å². The zero-order valence-corrected chi connectivity index (χ0v) is 5.72. The lowest BCUT2D eigenvalue weighted by Crippen LogP contribution is -1.96. The minimum Gasteiger partial charge on any atom is -0.339 e. The highest BCUT2D eigenvalue weighted by Crippen LogP contribution is 1.99. The van der Waals surface area contributed by atoms with Crippen LogP contribution in [-0.2, 0) is 0 Å². The van der Waals surface area contributed by atoms with Gasteiger partial charge in [-0.05, 0) is 0 Å². The maximum Gasteiger partial charge on any atom is 0.242 e. The summed E-state index contributed by atoms with van der Waals surface area (Å²) in [7, 11) is 0. The molecule has 0 saturated carbocycles. The van der Waals surface area contributed by atoms with Gasteiger partial charge in [0.15, 0.2) is 0 Å². The largest absolute Gasteiger partial charge is 0.339 e. The molecule has 1 aliphatic rings. The Kier molecular flexibility index (Phi) is 1.18. The van der Waals surface area contributed by atoms with Crippen LogP contribution < -0.4 is 5.43 Å². The van der Waals surface area contributed by atoms with Crippen molar-refractivity contribution in [1.82, 2.24) is 15.6 Å². The molecule has 0 N–H and O–H groups in total. The molecule has 0 bridgehead atoms. The molecule has 0 amide bonds. The third kappa shape index (κ3) is 0.977. The molecule has 0 unspecified atom stereocenters. The Labute approximate surface area is 62.0 Å². The second-order valence-electron chi connectivity index (χ2n) is 1.92.